The van der Waals surface area contributed by atoms with Crippen LogP contribution in [-0.4, -0.2) is 46.1 Å². The molecule has 58 heavy (non-hydrogen) atoms. The first-order valence-electron chi connectivity index (χ1n) is 26.1. The molecule has 0 fully saturated rings. The van der Waals surface area contributed by atoms with E-state index in [2.05, 4.69) is 43.5 Å². The van der Waals surface area contributed by atoms with Crippen LogP contribution in [0.5, 0.6) is 0 Å². The fraction of sp³-hybridized carbons (Fsp3) is 0.906. The molecule has 0 rings (SSSR count). The third kappa shape index (κ3) is 42.9. The van der Waals surface area contributed by atoms with Gasteiger partial charge in [-0.2, -0.15) is 0 Å². The molecule has 0 aromatic rings. The van der Waals surface area contributed by atoms with Gasteiger partial charge in [-0.1, -0.05) is 256 Å². The fourth-order valence-corrected chi connectivity index (χ4v) is 8.25. The van der Waals surface area contributed by atoms with Gasteiger partial charge >= 0.3 is 0 Å². The Kier molecular flexibility index (Phi) is 47.5. The molecule has 3 atom stereocenters. The second-order valence-electron chi connectivity index (χ2n) is 18.1. The van der Waals surface area contributed by atoms with E-state index in [-0.39, 0.29) is 12.5 Å². The number of nitrogens with one attached hydrogen (secondary N) is 1. The molecule has 0 aliphatic carbocycles. The van der Waals surface area contributed by atoms with E-state index in [1.807, 2.05) is 0 Å². The van der Waals surface area contributed by atoms with Crippen LogP contribution in [0.4, 0.5) is 0 Å². The van der Waals surface area contributed by atoms with E-state index >= 15 is 0 Å². The molecule has 1 amide bonds. The molecule has 0 bridgehead atoms. The summed E-state index contributed by atoms with van der Waals surface area (Å²) in [7, 11) is 0. The normalized spacial score (nSPS) is 13.5. The average molecular weight is 818 g/mol. The summed E-state index contributed by atoms with van der Waals surface area (Å²) in [6.45, 7) is 4.20. The summed E-state index contributed by atoms with van der Waals surface area (Å²) in [5, 5.41) is 33.7. The van der Waals surface area contributed by atoms with Crippen molar-refractivity contribution in [3.63, 3.8) is 0 Å². The van der Waals surface area contributed by atoms with Crippen molar-refractivity contribution in [2.24, 2.45) is 0 Å². The second-order valence-corrected chi connectivity index (χ2v) is 18.1. The Morgan fingerprint density at radius 2 is 0.741 bits per heavy atom. The summed E-state index contributed by atoms with van der Waals surface area (Å²) in [4.78, 5) is 12.5. The number of carbonyl (C=O) groups is 1. The van der Waals surface area contributed by atoms with Gasteiger partial charge in [0, 0.05) is 6.42 Å². The van der Waals surface area contributed by atoms with Crippen molar-refractivity contribution in [2.75, 3.05) is 6.61 Å². The summed E-state index contributed by atoms with van der Waals surface area (Å²) in [6, 6.07) is -0.813. The maximum absolute atomic E-state index is 12.5. The van der Waals surface area contributed by atoms with Crippen molar-refractivity contribution in [3.05, 3.63) is 24.3 Å². The molecule has 0 aromatic carbocycles. The number of allylic oxidation sites excluding steroid dienone is 4. The lowest BCUT2D eigenvalue weighted by molar-refractivity contribution is -0.124. The lowest BCUT2D eigenvalue weighted by Gasteiger charge is -2.26. The van der Waals surface area contributed by atoms with Crippen molar-refractivity contribution in [2.45, 2.75) is 302 Å². The molecule has 0 saturated carbocycles. The Hall–Kier alpha value is -1.17. The summed E-state index contributed by atoms with van der Waals surface area (Å²) in [5.41, 5.74) is 0. The van der Waals surface area contributed by atoms with Gasteiger partial charge in [0.2, 0.25) is 5.91 Å². The molecule has 3 unspecified atom stereocenters. The standard InChI is InChI=1S/C53H103NO4/c1-3-5-7-9-11-13-15-17-19-21-23-25-26-28-30-32-34-36-38-40-42-44-46-48-52(57)54-50(49-55)53(58)51(56)47-45-43-41-39-37-35-33-31-29-27-24-22-20-18-16-14-12-10-8-6-4-2/h23,25,28,30,50-51,53,55-56,58H,3-22,24,26-27,29,31-49H2,1-2H3,(H,54,57)/b25-23-,30-28-. The van der Waals surface area contributed by atoms with Crippen LogP contribution < -0.4 is 5.32 Å². The summed E-state index contributed by atoms with van der Waals surface area (Å²) in [5.74, 6) is -0.149. The van der Waals surface area contributed by atoms with Crippen molar-refractivity contribution < 1.29 is 20.1 Å². The molecule has 5 nitrogen and oxygen atoms in total. The van der Waals surface area contributed by atoms with E-state index in [1.54, 1.807) is 0 Å². The van der Waals surface area contributed by atoms with Crippen LogP contribution in [0.25, 0.3) is 0 Å². The minimum Gasteiger partial charge on any atom is -0.394 e. The van der Waals surface area contributed by atoms with Gasteiger partial charge in [0.25, 0.3) is 0 Å². The number of aliphatic hydroxyl groups is 3. The Labute approximate surface area is 362 Å². The van der Waals surface area contributed by atoms with E-state index in [0.717, 1.165) is 44.9 Å². The molecule has 5 heteroatoms. The van der Waals surface area contributed by atoms with E-state index in [4.69, 9.17) is 0 Å². The predicted octanol–water partition coefficient (Wildman–Crippen LogP) is 15.7. The molecule has 0 aromatic heterocycles. The van der Waals surface area contributed by atoms with Gasteiger partial charge in [-0.15, -0.1) is 0 Å². The first-order chi connectivity index (χ1) is 28.6. The van der Waals surface area contributed by atoms with Crippen LogP contribution in [0.1, 0.15) is 284 Å². The van der Waals surface area contributed by atoms with Crippen LogP contribution in [0.15, 0.2) is 24.3 Å². The summed E-state index contributed by atoms with van der Waals surface area (Å²) in [6.07, 6.45) is 60.2. The molecule has 0 aliphatic rings. The van der Waals surface area contributed by atoms with Crippen molar-refractivity contribution >= 4 is 5.91 Å². The van der Waals surface area contributed by atoms with Crippen LogP contribution in [-0.2, 0) is 4.79 Å². The van der Waals surface area contributed by atoms with Crippen LogP contribution in [0, 0.1) is 0 Å². The van der Waals surface area contributed by atoms with Crippen LogP contribution in [0.2, 0.25) is 0 Å². The number of hydrogen-bond acceptors (Lipinski definition) is 4. The molecule has 0 spiro atoms. The van der Waals surface area contributed by atoms with Gasteiger partial charge in [0.05, 0.1) is 18.8 Å². The number of hydrogen-bond donors (Lipinski definition) is 4. The quantitative estimate of drug-likeness (QED) is 0.0364. The molecule has 0 saturated heterocycles. The Bertz CT molecular complexity index is 859. The highest BCUT2D eigenvalue weighted by Gasteiger charge is 2.26. The highest BCUT2D eigenvalue weighted by atomic mass is 16.3. The Balaban J connectivity index is 3.58. The topological polar surface area (TPSA) is 89.8 Å². The highest BCUT2D eigenvalue weighted by Crippen LogP contribution is 2.17. The first-order valence-corrected chi connectivity index (χ1v) is 26.1. The lowest BCUT2D eigenvalue weighted by atomic mass is 9.99. The van der Waals surface area contributed by atoms with Gasteiger partial charge < -0.3 is 20.6 Å². The number of rotatable bonds is 48. The number of amides is 1. The molecule has 0 heterocycles. The predicted molar refractivity (Wildman–Crippen MR) is 255 cm³/mol. The summed E-state index contributed by atoms with van der Waals surface area (Å²) < 4.78 is 0. The molecule has 0 radical (unpaired) electrons. The molecule has 4 N–H and O–H groups in total. The Morgan fingerprint density at radius 3 is 1.09 bits per heavy atom. The molecular formula is C53H103NO4. The number of carbonyl (C=O) groups excluding carboxylic acids is 1. The minimum atomic E-state index is -1.14. The first kappa shape index (κ1) is 56.8. The van der Waals surface area contributed by atoms with E-state index in [0.29, 0.717) is 12.8 Å². The zero-order chi connectivity index (χ0) is 42.3. The molecule has 0 aliphatic heterocycles. The third-order valence-corrected chi connectivity index (χ3v) is 12.3. The van der Waals surface area contributed by atoms with E-state index in [1.165, 1.54) is 212 Å². The monoisotopic (exact) mass is 818 g/mol. The van der Waals surface area contributed by atoms with Crippen molar-refractivity contribution in [3.8, 4) is 0 Å². The van der Waals surface area contributed by atoms with Crippen LogP contribution in [0.3, 0.4) is 0 Å². The van der Waals surface area contributed by atoms with Gasteiger partial charge in [-0.25, -0.2) is 0 Å². The average Bonchev–Trinajstić information content (AvgIpc) is 3.23. The highest BCUT2D eigenvalue weighted by molar-refractivity contribution is 5.76. The smallest absolute Gasteiger partial charge is 0.220 e. The third-order valence-electron chi connectivity index (χ3n) is 12.3. The van der Waals surface area contributed by atoms with Crippen molar-refractivity contribution in [1.29, 1.82) is 0 Å². The Morgan fingerprint density at radius 1 is 0.431 bits per heavy atom. The van der Waals surface area contributed by atoms with Gasteiger partial charge in [0.1, 0.15) is 6.10 Å². The van der Waals surface area contributed by atoms with Gasteiger partial charge in [-0.3, -0.25) is 4.79 Å². The fourth-order valence-electron chi connectivity index (χ4n) is 8.25. The zero-order valence-electron chi connectivity index (χ0n) is 39.2. The minimum absolute atomic E-state index is 0.149. The number of unbranched alkanes of at least 4 members (excludes halogenated alkanes) is 36. The SMILES string of the molecule is CCCCCCCCCCC/C=C\C/C=C\CCCCCCCCCC(=O)NC(CO)C(O)C(O)CCCCCCCCCCCCCCCCCCCCCCC. The second kappa shape index (κ2) is 48.5. The van der Waals surface area contributed by atoms with Crippen LogP contribution >= 0.6 is 0 Å². The maximum Gasteiger partial charge on any atom is 0.220 e. The molecule has 344 valence electrons. The lowest BCUT2D eigenvalue weighted by Crippen LogP contribution is -2.50. The van der Waals surface area contributed by atoms with E-state index in [9.17, 15) is 20.1 Å². The van der Waals surface area contributed by atoms with E-state index < -0.39 is 18.2 Å². The van der Waals surface area contributed by atoms with Gasteiger partial charge in [-0.05, 0) is 44.9 Å². The van der Waals surface area contributed by atoms with Crippen molar-refractivity contribution in [1.82, 2.24) is 5.32 Å². The zero-order valence-corrected chi connectivity index (χ0v) is 39.2. The van der Waals surface area contributed by atoms with Gasteiger partial charge in [0.15, 0.2) is 0 Å². The summed E-state index contributed by atoms with van der Waals surface area (Å²) >= 11 is 0. The largest absolute Gasteiger partial charge is 0.394 e. The number of aliphatic hydroxyl groups excluding tert-OH is 3. The maximum atomic E-state index is 12.5. The molecular weight excluding hydrogens is 715 g/mol.